The van der Waals surface area contributed by atoms with E-state index in [4.69, 9.17) is 4.74 Å². The number of nitrogens with one attached hydrogen (secondary N) is 1. The van der Waals surface area contributed by atoms with Crippen LogP contribution in [0.15, 0.2) is 36.4 Å². The first-order chi connectivity index (χ1) is 14.1. The maximum atomic E-state index is 12.3. The number of aromatic nitrogens is 4. The van der Waals surface area contributed by atoms with Gasteiger partial charge in [0.2, 0.25) is 5.91 Å². The molecule has 3 heterocycles. The normalized spacial score (nSPS) is 14.2. The van der Waals surface area contributed by atoms with Gasteiger partial charge in [-0.05, 0) is 43.3 Å². The third kappa shape index (κ3) is 4.40. The number of fused-ring (bicyclic) bond motifs is 1. The third-order valence-electron chi connectivity index (χ3n) is 4.80. The molecule has 0 bridgehead atoms. The van der Waals surface area contributed by atoms with Crippen LogP contribution in [0, 0.1) is 0 Å². The van der Waals surface area contributed by atoms with Crippen molar-refractivity contribution in [1.82, 2.24) is 19.8 Å². The van der Waals surface area contributed by atoms with Gasteiger partial charge in [-0.3, -0.25) is 9.59 Å². The van der Waals surface area contributed by atoms with Crippen molar-refractivity contribution < 1.29 is 14.3 Å². The summed E-state index contributed by atoms with van der Waals surface area (Å²) < 4.78 is 7.08. The van der Waals surface area contributed by atoms with Crippen LogP contribution in [0.2, 0.25) is 0 Å². The van der Waals surface area contributed by atoms with Crippen molar-refractivity contribution in [2.75, 3.05) is 36.5 Å². The van der Waals surface area contributed by atoms with Gasteiger partial charge >= 0.3 is 0 Å². The number of anilines is 2. The summed E-state index contributed by atoms with van der Waals surface area (Å²) in [6.07, 6.45) is 0.664. The molecule has 9 nitrogen and oxygen atoms in total. The molecule has 1 saturated heterocycles. The molecule has 150 valence electrons. The van der Waals surface area contributed by atoms with Gasteiger partial charge in [0.25, 0.3) is 0 Å². The SMILES string of the molecule is CC(=O)c1ccc(NC(=O)CCc2nnc3ccc(N4CCOCC4)nn23)cc1. The molecule has 0 atom stereocenters. The zero-order valence-corrected chi connectivity index (χ0v) is 16.2. The minimum atomic E-state index is -0.137. The van der Waals surface area contributed by atoms with Crippen LogP contribution in [0.5, 0.6) is 0 Å². The Bertz CT molecular complexity index is 1020. The van der Waals surface area contributed by atoms with Gasteiger partial charge in [0.15, 0.2) is 17.3 Å². The Labute approximate surface area is 167 Å². The molecule has 0 aliphatic carbocycles. The molecule has 1 aromatic carbocycles. The molecule has 1 aliphatic rings. The predicted molar refractivity (Wildman–Crippen MR) is 107 cm³/mol. The second kappa shape index (κ2) is 8.36. The fourth-order valence-electron chi connectivity index (χ4n) is 3.18. The van der Waals surface area contributed by atoms with Gasteiger partial charge in [-0.15, -0.1) is 15.3 Å². The van der Waals surface area contributed by atoms with Crippen molar-refractivity contribution in [2.24, 2.45) is 0 Å². The second-order valence-corrected chi connectivity index (χ2v) is 6.86. The van der Waals surface area contributed by atoms with Crippen LogP contribution < -0.4 is 10.2 Å². The molecule has 1 N–H and O–H groups in total. The van der Waals surface area contributed by atoms with E-state index < -0.39 is 0 Å². The summed E-state index contributed by atoms with van der Waals surface area (Å²) in [4.78, 5) is 25.8. The monoisotopic (exact) mass is 394 g/mol. The Kier molecular flexibility index (Phi) is 5.48. The van der Waals surface area contributed by atoms with E-state index in [1.165, 1.54) is 6.92 Å². The second-order valence-electron chi connectivity index (χ2n) is 6.86. The number of nitrogens with zero attached hydrogens (tertiary/aromatic N) is 5. The van der Waals surface area contributed by atoms with E-state index in [2.05, 4.69) is 25.5 Å². The number of hydrogen-bond donors (Lipinski definition) is 1. The van der Waals surface area contributed by atoms with Crippen LogP contribution in [-0.4, -0.2) is 57.8 Å². The molecule has 2 aromatic heterocycles. The van der Waals surface area contributed by atoms with E-state index in [0.29, 0.717) is 42.4 Å². The Morgan fingerprint density at radius 2 is 1.83 bits per heavy atom. The molecule has 0 unspecified atom stereocenters. The van der Waals surface area contributed by atoms with Crippen LogP contribution >= 0.6 is 0 Å². The zero-order chi connectivity index (χ0) is 20.2. The quantitative estimate of drug-likeness (QED) is 0.635. The minimum Gasteiger partial charge on any atom is -0.378 e. The van der Waals surface area contributed by atoms with E-state index in [0.717, 1.165) is 18.9 Å². The van der Waals surface area contributed by atoms with Gasteiger partial charge in [-0.1, -0.05) is 0 Å². The van der Waals surface area contributed by atoms with Crippen LogP contribution in [0.3, 0.4) is 0 Å². The summed E-state index contributed by atoms with van der Waals surface area (Å²) >= 11 is 0. The van der Waals surface area contributed by atoms with Crippen molar-refractivity contribution in [3.63, 3.8) is 0 Å². The average Bonchev–Trinajstić information content (AvgIpc) is 3.15. The molecule has 0 spiro atoms. The lowest BCUT2D eigenvalue weighted by Crippen LogP contribution is -2.37. The number of carbonyl (C=O) groups is 2. The van der Waals surface area contributed by atoms with E-state index in [-0.39, 0.29) is 18.1 Å². The first-order valence-electron chi connectivity index (χ1n) is 9.55. The fraction of sp³-hybridized carbons (Fsp3) is 0.350. The Morgan fingerprint density at radius 1 is 1.07 bits per heavy atom. The van der Waals surface area contributed by atoms with E-state index >= 15 is 0 Å². The molecular formula is C20H22N6O3. The van der Waals surface area contributed by atoms with Crippen molar-refractivity contribution >= 4 is 28.8 Å². The molecule has 1 aliphatic heterocycles. The van der Waals surface area contributed by atoms with Crippen LogP contribution in [0.1, 0.15) is 29.5 Å². The highest BCUT2D eigenvalue weighted by atomic mass is 16.5. The number of morpholine rings is 1. The highest BCUT2D eigenvalue weighted by Gasteiger charge is 2.15. The molecule has 29 heavy (non-hydrogen) atoms. The summed E-state index contributed by atoms with van der Waals surface area (Å²) in [7, 11) is 0. The molecule has 3 aromatic rings. The number of rotatable bonds is 6. The lowest BCUT2D eigenvalue weighted by Gasteiger charge is -2.27. The Balaban J connectivity index is 1.40. The molecule has 9 heteroatoms. The smallest absolute Gasteiger partial charge is 0.224 e. The summed E-state index contributed by atoms with van der Waals surface area (Å²) in [6.45, 7) is 4.46. The topological polar surface area (TPSA) is 102 Å². The molecule has 1 fully saturated rings. The average molecular weight is 394 g/mol. The van der Waals surface area contributed by atoms with Crippen molar-refractivity contribution in [3.05, 3.63) is 47.8 Å². The summed E-state index contributed by atoms with van der Waals surface area (Å²) in [5, 5.41) is 15.8. The van der Waals surface area contributed by atoms with Crippen molar-refractivity contribution in [2.45, 2.75) is 19.8 Å². The highest BCUT2D eigenvalue weighted by Crippen LogP contribution is 2.15. The standard InChI is InChI=1S/C20H22N6O3/c1-14(27)15-2-4-16(5-3-15)21-20(28)9-8-18-23-22-17-6-7-19(24-26(17)18)25-10-12-29-13-11-25/h2-7H,8-13H2,1H3,(H,21,28). The number of Topliss-reactive ketones (excluding diaryl/α,β-unsaturated/α-hetero) is 1. The zero-order valence-electron chi connectivity index (χ0n) is 16.2. The number of benzene rings is 1. The number of hydrogen-bond acceptors (Lipinski definition) is 7. The predicted octanol–water partition coefficient (Wildman–Crippen LogP) is 1.73. The van der Waals surface area contributed by atoms with Gasteiger partial charge in [0.05, 0.1) is 13.2 Å². The molecule has 1 amide bonds. The molecule has 4 rings (SSSR count). The van der Waals surface area contributed by atoms with Crippen molar-refractivity contribution in [1.29, 1.82) is 0 Å². The van der Waals surface area contributed by atoms with Gasteiger partial charge < -0.3 is 15.0 Å². The Morgan fingerprint density at radius 3 is 2.55 bits per heavy atom. The summed E-state index contributed by atoms with van der Waals surface area (Å²) in [5.41, 5.74) is 1.91. The van der Waals surface area contributed by atoms with Crippen LogP contribution in [0.4, 0.5) is 11.5 Å². The van der Waals surface area contributed by atoms with Crippen molar-refractivity contribution in [3.8, 4) is 0 Å². The lowest BCUT2D eigenvalue weighted by molar-refractivity contribution is -0.116. The van der Waals surface area contributed by atoms with E-state index in [1.54, 1.807) is 28.8 Å². The number of ketones is 1. The maximum absolute atomic E-state index is 12.3. The Hall–Kier alpha value is -3.33. The minimum absolute atomic E-state index is 0.00879. The first kappa shape index (κ1) is 19.0. The van der Waals surface area contributed by atoms with E-state index in [1.807, 2.05) is 12.1 Å². The van der Waals surface area contributed by atoms with Crippen LogP contribution in [0.25, 0.3) is 5.65 Å². The lowest BCUT2D eigenvalue weighted by atomic mass is 10.1. The maximum Gasteiger partial charge on any atom is 0.224 e. The van der Waals surface area contributed by atoms with Gasteiger partial charge in [0, 0.05) is 37.2 Å². The van der Waals surface area contributed by atoms with Gasteiger partial charge in [-0.2, -0.15) is 4.52 Å². The third-order valence-corrected chi connectivity index (χ3v) is 4.80. The van der Waals surface area contributed by atoms with E-state index in [9.17, 15) is 9.59 Å². The number of ether oxygens (including phenoxy) is 1. The molecule has 0 saturated carbocycles. The van der Waals surface area contributed by atoms with Gasteiger partial charge in [-0.25, -0.2) is 0 Å². The number of amides is 1. The summed E-state index contributed by atoms with van der Waals surface area (Å²) in [6, 6.07) is 10.6. The number of carbonyl (C=O) groups excluding carboxylic acids is 2. The highest BCUT2D eigenvalue weighted by molar-refractivity contribution is 5.95. The first-order valence-corrected chi connectivity index (χ1v) is 9.55. The van der Waals surface area contributed by atoms with Crippen LogP contribution in [-0.2, 0) is 16.0 Å². The molecule has 0 radical (unpaired) electrons. The molecular weight excluding hydrogens is 372 g/mol. The van der Waals surface area contributed by atoms with Gasteiger partial charge in [0.1, 0.15) is 5.82 Å². The summed E-state index contributed by atoms with van der Waals surface area (Å²) in [5.74, 6) is 1.33. The largest absolute Gasteiger partial charge is 0.378 e. The fourth-order valence-corrected chi connectivity index (χ4v) is 3.18. The number of aryl methyl sites for hydroxylation is 1.